The lowest BCUT2D eigenvalue weighted by Gasteiger charge is -2.23. The number of benzene rings is 2. The lowest BCUT2D eigenvalue weighted by atomic mass is 10.1. The van der Waals surface area contributed by atoms with Gasteiger partial charge in [-0.1, -0.05) is 42.0 Å². The number of nitrogens with two attached hydrogens (primary N) is 1. The number of carbonyl (C=O) groups excluding carboxylic acids is 2. The number of aryl methyl sites for hydroxylation is 1. The van der Waals surface area contributed by atoms with Gasteiger partial charge in [0, 0.05) is 24.7 Å². The van der Waals surface area contributed by atoms with Crippen molar-refractivity contribution in [3.8, 4) is 0 Å². The van der Waals surface area contributed by atoms with Crippen molar-refractivity contribution in [2.45, 2.75) is 38.9 Å². The van der Waals surface area contributed by atoms with E-state index in [0.717, 1.165) is 24.0 Å². The molecule has 2 aromatic carbocycles. The standard InChI is InChI=1S/C20H23N3O2/c1-14-2-4-16(5-3-14)13-23(18-10-11-18)19(24)17-8-6-15(7-9-17)12-22-20(21)25/h2-9,18H,10-13H2,1H3,(H3,21,22,25). The molecule has 0 atom stereocenters. The molecule has 0 aliphatic heterocycles. The van der Waals surface area contributed by atoms with Crippen LogP contribution in [0.15, 0.2) is 48.5 Å². The largest absolute Gasteiger partial charge is 0.352 e. The second-order valence-corrected chi connectivity index (χ2v) is 6.56. The highest BCUT2D eigenvalue weighted by molar-refractivity contribution is 5.94. The summed E-state index contributed by atoms with van der Waals surface area (Å²) in [5, 5.41) is 2.54. The zero-order chi connectivity index (χ0) is 17.8. The van der Waals surface area contributed by atoms with Gasteiger partial charge in [0.1, 0.15) is 0 Å². The molecule has 0 saturated heterocycles. The Balaban J connectivity index is 1.70. The highest BCUT2D eigenvalue weighted by Crippen LogP contribution is 2.30. The van der Waals surface area contributed by atoms with Crippen LogP contribution in [-0.2, 0) is 13.1 Å². The van der Waals surface area contributed by atoms with Crippen LogP contribution in [0.3, 0.4) is 0 Å². The van der Waals surface area contributed by atoms with E-state index in [2.05, 4.69) is 36.5 Å². The van der Waals surface area contributed by atoms with E-state index < -0.39 is 6.03 Å². The molecule has 2 aromatic rings. The van der Waals surface area contributed by atoms with Gasteiger partial charge in [0.05, 0.1) is 0 Å². The van der Waals surface area contributed by atoms with Crippen LogP contribution >= 0.6 is 0 Å². The fourth-order valence-corrected chi connectivity index (χ4v) is 2.76. The monoisotopic (exact) mass is 337 g/mol. The summed E-state index contributed by atoms with van der Waals surface area (Å²) in [5.41, 5.74) is 9.01. The van der Waals surface area contributed by atoms with Gasteiger partial charge in [-0.25, -0.2) is 4.79 Å². The third-order valence-electron chi connectivity index (χ3n) is 4.39. The van der Waals surface area contributed by atoms with Gasteiger partial charge in [0.15, 0.2) is 0 Å². The fraction of sp³-hybridized carbons (Fsp3) is 0.300. The number of primary amides is 1. The molecular weight excluding hydrogens is 314 g/mol. The number of hydrogen-bond donors (Lipinski definition) is 2. The third kappa shape index (κ3) is 4.59. The molecule has 25 heavy (non-hydrogen) atoms. The Morgan fingerprint density at radius 2 is 1.64 bits per heavy atom. The van der Waals surface area contributed by atoms with Crippen molar-refractivity contribution in [2.24, 2.45) is 5.73 Å². The molecule has 0 aromatic heterocycles. The predicted octanol–water partition coefficient (Wildman–Crippen LogP) is 2.97. The smallest absolute Gasteiger partial charge is 0.312 e. The fourth-order valence-electron chi connectivity index (χ4n) is 2.76. The van der Waals surface area contributed by atoms with Crippen molar-refractivity contribution in [3.05, 3.63) is 70.8 Å². The van der Waals surface area contributed by atoms with E-state index in [9.17, 15) is 9.59 Å². The molecule has 1 fully saturated rings. The molecule has 1 saturated carbocycles. The third-order valence-corrected chi connectivity index (χ3v) is 4.39. The van der Waals surface area contributed by atoms with Gasteiger partial charge in [-0.3, -0.25) is 4.79 Å². The molecule has 0 radical (unpaired) electrons. The van der Waals surface area contributed by atoms with Gasteiger partial charge in [0.2, 0.25) is 0 Å². The minimum atomic E-state index is -0.557. The van der Waals surface area contributed by atoms with Gasteiger partial charge in [0.25, 0.3) is 5.91 Å². The maximum Gasteiger partial charge on any atom is 0.312 e. The topological polar surface area (TPSA) is 75.4 Å². The van der Waals surface area contributed by atoms with Crippen LogP contribution < -0.4 is 11.1 Å². The number of carbonyl (C=O) groups is 2. The Morgan fingerprint density at radius 1 is 1.04 bits per heavy atom. The molecule has 5 heteroatoms. The number of amides is 3. The van der Waals surface area contributed by atoms with Crippen molar-refractivity contribution >= 4 is 11.9 Å². The Kier molecular flexibility index (Phi) is 5.03. The summed E-state index contributed by atoms with van der Waals surface area (Å²) in [6.45, 7) is 3.05. The molecule has 0 bridgehead atoms. The van der Waals surface area contributed by atoms with Crippen LogP contribution in [-0.4, -0.2) is 22.9 Å². The molecule has 0 spiro atoms. The van der Waals surface area contributed by atoms with Crippen LogP contribution in [0.2, 0.25) is 0 Å². The summed E-state index contributed by atoms with van der Waals surface area (Å²) < 4.78 is 0. The molecular formula is C20H23N3O2. The molecule has 130 valence electrons. The van der Waals surface area contributed by atoms with E-state index >= 15 is 0 Å². The van der Waals surface area contributed by atoms with E-state index in [1.54, 1.807) is 0 Å². The summed E-state index contributed by atoms with van der Waals surface area (Å²) in [7, 11) is 0. The molecule has 5 nitrogen and oxygen atoms in total. The Morgan fingerprint density at radius 3 is 2.20 bits per heavy atom. The van der Waals surface area contributed by atoms with Gasteiger partial charge >= 0.3 is 6.03 Å². The summed E-state index contributed by atoms with van der Waals surface area (Å²) in [4.78, 5) is 25.6. The summed E-state index contributed by atoms with van der Waals surface area (Å²) in [5.74, 6) is 0.0532. The first-order chi connectivity index (χ1) is 12.0. The molecule has 0 heterocycles. The molecule has 1 aliphatic carbocycles. The number of nitrogens with one attached hydrogen (secondary N) is 1. The Hall–Kier alpha value is -2.82. The van der Waals surface area contributed by atoms with Crippen LogP contribution in [0.4, 0.5) is 4.79 Å². The van der Waals surface area contributed by atoms with Crippen molar-refractivity contribution in [2.75, 3.05) is 0 Å². The van der Waals surface area contributed by atoms with E-state index in [4.69, 9.17) is 5.73 Å². The van der Waals surface area contributed by atoms with Gasteiger partial charge in [-0.05, 0) is 43.0 Å². The molecule has 3 N–H and O–H groups in total. The van der Waals surface area contributed by atoms with Crippen molar-refractivity contribution < 1.29 is 9.59 Å². The zero-order valence-electron chi connectivity index (χ0n) is 14.4. The SMILES string of the molecule is Cc1ccc(CN(C(=O)c2ccc(CNC(N)=O)cc2)C2CC2)cc1. The molecule has 3 amide bonds. The highest BCUT2D eigenvalue weighted by Gasteiger charge is 2.33. The quantitative estimate of drug-likeness (QED) is 0.850. The number of hydrogen-bond acceptors (Lipinski definition) is 2. The number of urea groups is 1. The lowest BCUT2D eigenvalue weighted by Crippen LogP contribution is -2.32. The first kappa shape index (κ1) is 17.0. The van der Waals surface area contributed by atoms with E-state index in [1.807, 2.05) is 29.2 Å². The van der Waals surface area contributed by atoms with E-state index in [0.29, 0.717) is 24.7 Å². The Labute approximate surface area is 147 Å². The second kappa shape index (κ2) is 7.38. The van der Waals surface area contributed by atoms with Crippen molar-refractivity contribution in [1.29, 1.82) is 0 Å². The normalized spacial score (nSPS) is 13.3. The van der Waals surface area contributed by atoms with Gasteiger partial charge < -0.3 is 16.0 Å². The average molecular weight is 337 g/mol. The highest BCUT2D eigenvalue weighted by atomic mass is 16.2. The van der Waals surface area contributed by atoms with Gasteiger partial charge in [-0.2, -0.15) is 0 Å². The molecule has 3 rings (SSSR count). The summed E-state index contributed by atoms with van der Waals surface area (Å²) in [6.07, 6.45) is 2.14. The maximum atomic E-state index is 12.9. The molecule has 0 unspecified atom stereocenters. The zero-order valence-corrected chi connectivity index (χ0v) is 14.4. The minimum Gasteiger partial charge on any atom is -0.352 e. The first-order valence-electron chi connectivity index (χ1n) is 8.51. The van der Waals surface area contributed by atoms with Crippen molar-refractivity contribution in [1.82, 2.24) is 10.2 Å². The van der Waals surface area contributed by atoms with Crippen molar-refractivity contribution in [3.63, 3.8) is 0 Å². The average Bonchev–Trinajstić information content (AvgIpc) is 3.44. The minimum absolute atomic E-state index is 0.0532. The molecule has 1 aliphatic rings. The van der Waals surface area contributed by atoms with Crippen LogP contribution in [0.1, 0.15) is 39.9 Å². The number of rotatable bonds is 6. The lowest BCUT2D eigenvalue weighted by molar-refractivity contribution is 0.0730. The summed E-state index contributed by atoms with van der Waals surface area (Å²) >= 11 is 0. The predicted molar refractivity (Wildman–Crippen MR) is 96.9 cm³/mol. The number of nitrogens with zero attached hydrogens (tertiary/aromatic N) is 1. The van der Waals surface area contributed by atoms with E-state index in [1.165, 1.54) is 5.56 Å². The van der Waals surface area contributed by atoms with Crippen LogP contribution in [0, 0.1) is 6.92 Å². The first-order valence-corrected chi connectivity index (χ1v) is 8.51. The van der Waals surface area contributed by atoms with Crippen LogP contribution in [0.5, 0.6) is 0 Å². The maximum absolute atomic E-state index is 12.9. The van der Waals surface area contributed by atoms with E-state index in [-0.39, 0.29) is 5.91 Å². The second-order valence-electron chi connectivity index (χ2n) is 6.56. The summed E-state index contributed by atoms with van der Waals surface area (Å²) in [6, 6.07) is 15.4. The Bertz CT molecular complexity index is 750. The van der Waals surface area contributed by atoms with Crippen LogP contribution in [0.25, 0.3) is 0 Å². The van der Waals surface area contributed by atoms with Gasteiger partial charge in [-0.15, -0.1) is 0 Å².